The van der Waals surface area contributed by atoms with Gasteiger partial charge in [-0.2, -0.15) is 0 Å². The fraction of sp³-hybridized carbons (Fsp3) is 0.750. The molecule has 8 N–H and O–H groups in total. The van der Waals surface area contributed by atoms with Gasteiger partial charge < -0.3 is 22.5 Å². The Labute approximate surface area is 82.5 Å². The molecule has 84 valence electrons. The van der Waals surface area contributed by atoms with E-state index < -0.39 is 11.9 Å². The first-order valence-electron chi connectivity index (χ1n) is 4.07. The quantitative estimate of drug-likeness (QED) is 0.535. The highest BCUT2D eigenvalue weighted by atomic mass is 16.4. The van der Waals surface area contributed by atoms with Crippen molar-refractivity contribution in [3.8, 4) is 0 Å². The average Bonchev–Trinajstić information content (AvgIpc) is 2.04. The zero-order valence-electron chi connectivity index (χ0n) is 8.11. The lowest BCUT2D eigenvalue weighted by Crippen LogP contribution is -2.25. The van der Waals surface area contributed by atoms with Gasteiger partial charge in [0.25, 0.3) is 0 Å². The number of carbonyl (C=O) groups is 2. The second kappa shape index (κ2) is 6.33. The molecule has 0 spiro atoms. The summed E-state index contributed by atoms with van der Waals surface area (Å²) in [5.74, 6) is -2.22. The Morgan fingerprint density at radius 2 is 1.00 bits per heavy atom. The molecular formula is C8H18N2O4. The normalized spacial score (nSPS) is 25.4. The summed E-state index contributed by atoms with van der Waals surface area (Å²) in [4.78, 5) is 21.0. The van der Waals surface area contributed by atoms with Crippen LogP contribution < -0.4 is 12.3 Å². The van der Waals surface area contributed by atoms with Gasteiger partial charge in [0.05, 0.1) is 11.8 Å². The minimum Gasteiger partial charge on any atom is -0.481 e. The maximum atomic E-state index is 10.5. The maximum Gasteiger partial charge on any atom is 0.306 e. The van der Waals surface area contributed by atoms with Crippen LogP contribution in [0.2, 0.25) is 0 Å². The third-order valence-electron chi connectivity index (χ3n) is 2.43. The Hall–Kier alpha value is -1.14. The van der Waals surface area contributed by atoms with E-state index >= 15 is 0 Å². The second-order valence-corrected chi connectivity index (χ2v) is 3.23. The molecule has 1 fully saturated rings. The summed E-state index contributed by atoms with van der Waals surface area (Å²) in [5.41, 5.74) is 0. The lowest BCUT2D eigenvalue weighted by molar-refractivity contribution is -0.148. The van der Waals surface area contributed by atoms with Gasteiger partial charge in [-0.15, -0.1) is 0 Å². The minimum absolute atomic E-state index is 0. The molecule has 0 aromatic carbocycles. The fourth-order valence-corrected chi connectivity index (χ4v) is 1.59. The fourth-order valence-electron chi connectivity index (χ4n) is 1.59. The second-order valence-electron chi connectivity index (χ2n) is 3.23. The van der Waals surface area contributed by atoms with E-state index in [0.29, 0.717) is 25.7 Å². The smallest absolute Gasteiger partial charge is 0.306 e. The molecule has 0 radical (unpaired) electrons. The Morgan fingerprint density at radius 1 is 0.786 bits per heavy atom. The van der Waals surface area contributed by atoms with Crippen LogP contribution >= 0.6 is 0 Å². The largest absolute Gasteiger partial charge is 0.481 e. The van der Waals surface area contributed by atoms with Gasteiger partial charge in [0.1, 0.15) is 0 Å². The van der Waals surface area contributed by atoms with Gasteiger partial charge in [-0.1, -0.05) is 0 Å². The van der Waals surface area contributed by atoms with Crippen molar-refractivity contribution in [3.63, 3.8) is 0 Å². The van der Waals surface area contributed by atoms with E-state index in [9.17, 15) is 9.59 Å². The average molecular weight is 206 g/mol. The van der Waals surface area contributed by atoms with E-state index in [4.69, 9.17) is 10.2 Å². The zero-order valence-corrected chi connectivity index (χ0v) is 8.11. The van der Waals surface area contributed by atoms with Crippen molar-refractivity contribution in [3.05, 3.63) is 0 Å². The van der Waals surface area contributed by atoms with Gasteiger partial charge in [0.15, 0.2) is 0 Å². The molecular weight excluding hydrogens is 188 g/mol. The van der Waals surface area contributed by atoms with Crippen LogP contribution in [0, 0.1) is 11.8 Å². The Morgan fingerprint density at radius 3 is 1.14 bits per heavy atom. The summed E-state index contributed by atoms with van der Waals surface area (Å²) in [6.45, 7) is 0. The van der Waals surface area contributed by atoms with Crippen LogP contribution in [0.15, 0.2) is 0 Å². The van der Waals surface area contributed by atoms with Crippen LogP contribution in [0.4, 0.5) is 0 Å². The highest BCUT2D eigenvalue weighted by Crippen LogP contribution is 2.28. The summed E-state index contributed by atoms with van der Waals surface area (Å²) in [7, 11) is 0. The van der Waals surface area contributed by atoms with Gasteiger partial charge in [0, 0.05) is 0 Å². The first kappa shape index (κ1) is 15.3. The van der Waals surface area contributed by atoms with Crippen LogP contribution in [0.5, 0.6) is 0 Å². The molecule has 0 saturated heterocycles. The Balaban J connectivity index is 0. The van der Waals surface area contributed by atoms with Crippen molar-refractivity contribution in [1.29, 1.82) is 0 Å². The van der Waals surface area contributed by atoms with Crippen molar-refractivity contribution in [2.75, 3.05) is 0 Å². The van der Waals surface area contributed by atoms with Crippen LogP contribution in [0.1, 0.15) is 25.7 Å². The predicted molar refractivity (Wildman–Crippen MR) is 50.8 cm³/mol. The molecule has 14 heavy (non-hydrogen) atoms. The summed E-state index contributed by atoms with van der Waals surface area (Å²) in [5, 5.41) is 17.2. The zero-order chi connectivity index (χ0) is 9.14. The Bertz CT molecular complexity index is 178. The van der Waals surface area contributed by atoms with Gasteiger partial charge in [-0.25, -0.2) is 0 Å². The third kappa shape index (κ3) is 3.71. The predicted octanol–water partition coefficient (Wildman–Crippen LogP) is 1.29. The monoisotopic (exact) mass is 206 g/mol. The maximum absolute atomic E-state index is 10.5. The number of hydrogen-bond donors (Lipinski definition) is 4. The van der Waals surface area contributed by atoms with Crippen LogP contribution in [0.25, 0.3) is 0 Å². The first-order valence-corrected chi connectivity index (χ1v) is 4.07. The van der Waals surface area contributed by atoms with Gasteiger partial charge >= 0.3 is 11.9 Å². The lowest BCUT2D eigenvalue weighted by atomic mass is 9.82. The molecule has 1 saturated carbocycles. The number of aliphatic carboxylic acids is 2. The third-order valence-corrected chi connectivity index (χ3v) is 2.43. The summed E-state index contributed by atoms with van der Waals surface area (Å²) in [6, 6.07) is 0. The van der Waals surface area contributed by atoms with E-state index in [1.165, 1.54) is 0 Å². The molecule has 0 heterocycles. The number of carboxylic acid groups (broad SMARTS) is 2. The molecule has 0 aromatic heterocycles. The van der Waals surface area contributed by atoms with Crippen molar-refractivity contribution in [2.24, 2.45) is 11.8 Å². The van der Waals surface area contributed by atoms with Crippen molar-refractivity contribution >= 4 is 11.9 Å². The molecule has 1 aliphatic carbocycles. The molecule has 1 aliphatic rings. The molecule has 0 bridgehead atoms. The molecule has 6 nitrogen and oxygen atoms in total. The van der Waals surface area contributed by atoms with Crippen LogP contribution in [-0.2, 0) is 9.59 Å². The highest BCUT2D eigenvalue weighted by molar-refractivity contribution is 5.72. The van der Waals surface area contributed by atoms with Gasteiger partial charge in [-0.3, -0.25) is 9.59 Å². The summed E-state index contributed by atoms with van der Waals surface area (Å²) >= 11 is 0. The summed E-state index contributed by atoms with van der Waals surface area (Å²) < 4.78 is 0. The van der Waals surface area contributed by atoms with Gasteiger partial charge in [-0.05, 0) is 25.7 Å². The highest BCUT2D eigenvalue weighted by Gasteiger charge is 2.29. The van der Waals surface area contributed by atoms with E-state index in [2.05, 4.69) is 0 Å². The van der Waals surface area contributed by atoms with Crippen molar-refractivity contribution in [1.82, 2.24) is 12.3 Å². The number of rotatable bonds is 2. The standard InChI is InChI=1S/C8H12O4.2H3N/c9-7(10)5-1-2-6(4-3-5)8(11)12;;/h5-6H,1-4H2,(H,9,10)(H,11,12);2*1H3. The minimum atomic E-state index is -0.793. The Kier molecular flexibility index (Phi) is 6.94. The van der Waals surface area contributed by atoms with E-state index in [-0.39, 0.29) is 24.1 Å². The van der Waals surface area contributed by atoms with E-state index in [0.717, 1.165) is 0 Å². The van der Waals surface area contributed by atoms with Crippen molar-refractivity contribution in [2.45, 2.75) is 25.7 Å². The number of carboxylic acids is 2. The summed E-state index contributed by atoms with van der Waals surface area (Å²) in [6.07, 6.45) is 2.03. The van der Waals surface area contributed by atoms with E-state index in [1.807, 2.05) is 0 Å². The molecule has 0 aliphatic heterocycles. The molecule has 0 aromatic rings. The molecule has 1 rings (SSSR count). The topological polar surface area (TPSA) is 145 Å². The number of hydrogen-bond acceptors (Lipinski definition) is 4. The van der Waals surface area contributed by atoms with Gasteiger partial charge in [0.2, 0.25) is 0 Å². The lowest BCUT2D eigenvalue weighted by Gasteiger charge is -2.22. The van der Waals surface area contributed by atoms with Crippen LogP contribution in [0.3, 0.4) is 0 Å². The van der Waals surface area contributed by atoms with Crippen molar-refractivity contribution < 1.29 is 19.8 Å². The first-order chi connectivity index (χ1) is 5.61. The molecule has 0 amide bonds. The molecule has 0 atom stereocenters. The SMILES string of the molecule is N.N.O=C(O)C1CCC(C(=O)O)CC1. The molecule has 0 unspecified atom stereocenters. The van der Waals surface area contributed by atoms with E-state index in [1.54, 1.807) is 0 Å². The molecule has 6 heteroatoms. The van der Waals surface area contributed by atoms with Crippen LogP contribution in [-0.4, -0.2) is 22.2 Å².